The summed E-state index contributed by atoms with van der Waals surface area (Å²) in [7, 11) is 0. The van der Waals surface area contributed by atoms with Gasteiger partial charge >= 0.3 is 0 Å². The number of rotatable bonds is 7. The Hall–Kier alpha value is -1.62. The fourth-order valence-electron chi connectivity index (χ4n) is 1.65. The van der Waals surface area contributed by atoms with Gasteiger partial charge in [-0.15, -0.1) is 0 Å². The first-order valence-electron chi connectivity index (χ1n) is 6.32. The van der Waals surface area contributed by atoms with Crippen molar-refractivity contribution in [2.75, 3.05) is 52.5 Å². The van der Waals surface area contributed by atoms with Crippen LogP contribution in [-0.2, 0) is 9.53 Å². The van der Waals surface area contributed by atoms with Crippen LogP contribution in [0.4, 0.5) is 0 Å². The van der Waals surface area contributed by atoms with Crippen molar-refractivity contribution in [1.82, 2.24) is 15.5 Å². The van der Waals surface area contributed by atoms with Crippen LogP contribution >= 0.6 is 0 Å². The van der Waals surface area contributed by atoms with E-state index in [9.17, 15) is 4.79 Å². The van der Waals surface area contributed by atoms with Crippen LogP contribution < -0.4 is 10.6 Å². The van der Waals surface area contributed by atoms with E-state index < -0.39 is 0 Å². The fraction of sp³-hybridized carbons (Fsp3) is 0.667. The largest absolute Gasteiger partial charge is 0.394 e. The predicted molar refractivity (Wildman–Crippen MR) is 69.1 cm³/mol. The molecule has 0 bridgehead atoms. The van der Waals surface area contributed by atoms with Crippen LogP contribution in [0.2, 0.25) is 0 Å². The van der Waals surface area contributed by atoms with E-state index in [1.165, 1.54) is 6.20 Å². The van der Waals surface area contributed by atoms with Crippen molar-refractivity contribution in [3.63, 3.8) is 0 Å². The van der Waals surface area contributed by atoms with E-state index >= 15 is 0 Å². The summed E-state index contributed by atoms with van der Waals surface area (Å²) in [5.74, 6) is -0.243. The summed E-state index contributed by atoms with van der Waals surface area (Å²) >= 11 is 0. The normalized spacial score (nSPS) is 16.0. The van der Waals surface area contributed by atoms with Crippen molar-refractivity contribution in [2.45, 2.75) is 0 Å². The average molecular weight is 268 g/mol. The fourth-order valence-corrected chi connectivity index (χ4v) is 1.65. The second-order valence-corrected chi connectivity index (χ2v) is 4.00. The Balaban J connectivity index is 2.34. The molecule has 0 radical (unpaired) electrons. The minimum atomic E-state index is -0.243. The number of nitrogens with zero attached hydrogens (tertiary/aromatic N) is 2. The summed E-state index contributed by atoms with van der Waals surface area (Å²) in [5, 5.41) is 23.5. The molecule has 19 heavy (non-hydrogen) atoms. The Morgan fingerprint density at radius 3 is 2.84 bits per heavy atom. The van der Waals surface area contributed by atoms with E-state index in [-0.39, 0.29) is 24.7 Å². The molecule has 1 saturated heterocycles. The van der Waals surface area contributed by atoms with E-state index in [1.54, 1.807) is 4.90 Å². The summed E-state index contributed by atoms with van der Waals surface area (Å²) in [6.07, 6.45) is 1.42. The number of amides is 1. The third-order valence-corrected chi connectivity index (χ3v) is 2.63. The molecule has 3 N–H and O–H groups in total. The number of ether oxygens (including phenoxy) is 1. The lowest BCUT2D eigenvalue weighted by molar-refractivity contribution is -0.127. The van der Waals surface area contributed by atoms with Crippen LogP contribution in [0, 0.1) is 11.3 Å². The summed E-state index contributed by atoms with van der Waals surface area (Å²) in [6, 6.07) is 1.91. The number of carbonyl (C=O) groups is 1. The Labute approximate surface area is 112 Å². The number of hydrogen-bond acceptors (Lipinski definition) is 6. The zero-order valence-corrected chi connectivity index (χ0v) is 10.9. The molecule has 1 amide bonds. The smallest absolute Gasteiger partial charge is 0.266 e. The highest BCUT2D eigenvalue weighted by molar-refractivity contribution is 5.97. The summed E-state index contributed by atoms with van der Waals surface area (Å²) in [4.78, 5) is 13.7. The zero-order valence-electron chi connectivity index (χ0n) is 10.9. The van der Waals surface area contributed by atoms with Crippen LogP contribution in [0.15, 0.2) is 11.8 Å². The van der Waals surface area contributed by atoms with Gasteiger partial charge in [-0.1, -0.05) is 0 Å². The highest BCUT2D eigenvalue weighted by Crippen LogP contribution is 2.01. The molecule has 7 nitrogen and oxygen atoms in total. The minimum absolute atomic E-state index is 0.0131. The minimum Gasteiger partial charge on any atom is -0.394 e. The highest BCUT2D eigenvalue weighted by Gasteiger charge is 2.19. The zero-order chi connectivity index (χ0) is 13.9. The molecular weight excluding hydrogens is 248 g/mol. The molecule has 0 saturated carbocycles. The molecule has 0 aromatic carbocycles. The Kier molecular flexibility index (Phi) is 7.58. The molecule has 0 aliphatic carbocycles. The lowest BCUT2D eigenvalue weighted by Gasteiger charge is -2.27. The number of aliphatic hydroxyl groups is 1. The van der Waals surface area contributed by atoms with E-state index in [2.05, 4.69) is 10.6 Å². The number of hydrogen-bond donors (Lipinski definition) is 3. The van der Waals surface area contributed by atoms with Crippen molar-refractivity contribution < 1.29 is 14.6 Å². The SMILES string of the molecule is N#C/C(=C/NCCOCCO)C(=O)N1CCNCC1. The predicted octanol–water partition coefficient (Wildman–Crippen LogP) is -1.58. The van der Waals surface area contributed by atoms with Crippen LogP contribution in [-0.4, -0.2) is 68.5 Å². The Morgan fingerprint density at radius 2 is 2.21 bits per heavy atom. The van der Waals surface area contributed by atoms with Gasteiger partial charge < -0.3 is 25.4 Å². The second-order valence-electron chi connectivity index (χ2n) is 4.00. The van der Waals surface area contributed by atoms with Gasteiger partial charge in [0.05, 0.1) is 19.8 Å². The monoisotopic (exact) mass is 268 g/mol. The van der Waals surface area contributed by atoms with Gasteiger partial charge in [-0.25, -0.2) is 0 Å². The third kappa shape index (κ3) is 5.70. The van der Waals surface area contributed by atoms with Gasteiger partial charge in [0.15, 0.2) is 0 Å². The Bertz CT molecular complexity index is 345. The van der Waals surface area contributed by atoms with Gasteiger partial charge in [0.25, 0.3) is 5.91 Å². The van der Waals surface area contributed by atoms with E-state index in [4.69, 9.17) is 15.1 Å². The molecule has 0 spiro atoms. The lowest BCUT2D eigenvalue weighted by Crippen LogP contribution is -2.46. The number of carbonyl (C=O) groups excluding carboxylic acids is 1. The van der Waals surface area contributed by atoms with Crippen molar-refractivity contribution in [3.8, 4) is 6.07 Å². The van der Waals surface area contributed by atoms with Crippen LogP contribution in [0.1, 0.15) is 0 Å². The maximum atomic E-state index is 12.0. The van der Waals surface area contributed by atoms with Crippen LogP contribution in [0.3, 0.4) is 0 Å². The summed E-state index contributed by atoms with van der Waals surface area (Å²) in [5.41, 5.74) is 0.101. The van der Waals surface area contributed by atoms with Crippen molar-refractivity contribution in [1.29, 1.82) is 5.26 Å². The van der Waals surface area contributed by atoms with Gasteiger partial charge in [0, 0.05) is 38.9 Å². The number of aliphatic hydroxyl groups excluding tert-OH is 1. The standard InChI is InChI=1S/C12H20N4O3/c13-9-11(10-15-3-7-19-8-6-17)12(18)16-4-1-14-2-5-16/h10,14-15,17H,1-8H2/b11-10-. The molecule has 7 heteroatoms. The summed E-state index contributed by atoms with van der Waals surface area (Å²) in [6.45, 7) is 3.93. The van der Waals surface area contributed by atoms with Crippen molar-refractivity contribution in [3.05, 3.63) is 11.8 Å². The Morgan fingerprint density at radius 1 is 1.47 bits per heavy atom. The number of piperazine rings is 1. The third-order valence-electron chi connectivity index (χ3n) is 2.63. The average Bonchev–Trinajstić information content (AvgIpc) is 2.47. The second kappa shape index (κ2) is 9.33. The van der Waals surface area contributed by atoms with Crippen molar-refractivity contribution >= 4 is 5.91 Å². The molecule has 1 heterocycles. The topological polar surface area (TPSA) is 97.6 Å². The van der Waals surface area contributed by atoms with Gasteiger partial charge in [-0.3, -0.25) is 4.79 Å². The molecular formula is C12H20N4O3. The van der Waals surface area contributed by atoms with Gasteiger partial charge in [0.2, 0.25) is 0 Å². The van der Waals surface area contributed by atoms with E-state index in [1.807, 2.05) is 6.07 Å². The van der Waals surface area contributed by atoms with Gasteiger partial charge in [0.1, 0.15) is 11.6 Å². The van der Waals surface area contributed by atoms with Gasteiger partial charge in [-0.2, -0.15) is 5.26 Å². The maximum Gasteiger partial charge on any atom is 0.266 e. The molecule has 0 unspecified atom stereocenters. The van der Waals surface area contributed by atoms with E-state index in [0.717, 1.165) is 13.1 Å². The molecule has 1 aliphatic heterocycles. The number of nitrogens with one attached hydrogen (secondary N) is 2. The van der Waals surface area contributed by atoms with E-state index in [0.29, 0.717) is 26.2 Å². The molecule has 0 atom stereocenters. The molecule has 1 rings (SSSR count). The molecule has 106 valence electrons. The molecule has 1 aliphatic rings. The molecule has 0 aromatic heterocycles. The molecule has 0 aromatic rings. The first kappa shape index (κ1) is 15.4. The first-order chi connectivity index (χ1) is 9.29. The first-order valence-corrected chi connectivity index (χ1v) is 6.32. The van der Waals surface area contributed by atoms with Gasteiger partial charge in [-0.05, 0) is 0 Å². The quantitative estimate of drug-likeness (QED) is 0.293. The van der Waals surface area contributed by atoms with Crippen LogP contribution in [0.25, 0.3) is 0 Å². The highest BCUT2D eigenvalue weighted by atomic mass is 16.5. The molecule has 1 fully saturated rings. The maximum absolute atomic E-state index is 12.0. The van der Waals surface area contributed by atoms with Crippen molar-refractivity contribution in [2.24, 2.45) is 0 Å². The van der Waals surface area contributed by atoms with Crippen LogP contribution in [0.5, 0.6) is 0 Å². The lowest BCUT2D eigenvalue weighted by atomic mass is 10.2. The summed E-state index contributed by atoms with van der Waals surface area (Å²) < 4.78 is 5.05. The number of nitriles is 1.